The number of rotatable bonds is 6. The first-order valence-electron chi connectivity index (χ1n) is 6.76. The van der Waals surface area contributed by atoms with E-state index in [0.29, 0.717) is 21.5 Å². The molecule has 0 spiro atoms. The molecule has 2 aromatic rings. The van der Waals surface area contributed by atoms with Crippen LogP contribution in [0.25, 0.3) is 0 Å². The molecule has 1 aromatic carbocycles. The minimum absolute atomic E-state index is 0.00206. The fraction of sp³-hybridized carbons (Fsp3) is 0.250. The van der Waals surface area contributed by atoms with Crippen LogP contribution in [0.1, 0.15) is 33.0 Å². The monoisotopic (exact) mass is 355 g/mol. The second-order valence-corrected chi connectivity index (χ2v) is 6.98. The minimum Gasteiger partial charge on any atom is -0.352 e. The van der Waals surface area contributed by atoms with E-state index in [2.05, 4.69) is 5.32 Å². The van der Waals surface area contributed by atoms with Crippen LogP contribution in [0.15, 0.2) is 30.3 Å². The number of Topliss-reactive ketones (excluding diaryl/α,β-unsaturated/α-hetero) is 1. The Balaban J connectivity index is 1.79. The highest BCUT2D eigenvalue weighted by atomic mass is 35.5. The SMILES string of the molecule is Cc1ccc(C(=O)CCC(=O)NCc2ccc(Cl)cc2Cl)s1. The zero-order valence-corrected chi connectivity index (χ0v) is 14.3. The van der Waals surface area contributed by atoms with Gasteiger partial charge in [0, 0.05) is 34.3 Å². The zero-order valence-electron chi connectivity index (χ0n) is 12.0. The van der Waals surface area contributed by atoms with Crippen molar-refractivity contribution in [2.24, 2.45) is 0 Å². The summed E-state index contributed by atoms with van der Waals surface area (Å²) in [5.74, 6) is -0.176. The van der Waals surface area contributed by atoms with Crippen molar-refractivity contribution < 1.29 is 9.59 Å². The van der Waals surface area contributed by atoms with Gasteiger partial charge in [0.1, 0.15) is 0 Å². The second kappa shape index (κ2) is 7.77. The van der Waals surface area contributed by atoms with Crippen molar-refractivity contribution in [1.29, 1.82) is 0 Å². The smallest absolute Gasteiger partial charge is 0.220 e. The van der Waals surface area contributed by atoms with Crippen LogP contribution in [0, 0.1) is 6.92 Å². The van der Waals surface area contributed by atoms with Crippen LogP contribution in [0.2, 0.25) is 10.0 Å². The molecular weight excluding hydrogens is 341 g/mol. The average Bonchev–Trinajstić information content (AvgIpc) is 2.90. The number of aryl methyl sites for hydroxylation is 1. The Bertz CT molecular complexity index is 697. The van der Waals surface area contributed by atoms with Gasteiger partial charge in [-0.15, -0.1) is 11.3 Å². The standard InChI is InChI=1S/C16H15Cl2NO2S/c1-10-2-6-15(22-10)14(20)5-7-16(21)19-9-11-3-4-12(17)8-13(11)18/h2-4,6,8H,5,7,9H2,1H3,(H,19,21). The largest absolute Gasteiger partial charge is 0.352 e. The normalized spacial score (nSPS) is 10.5. The third-order valence-corrected chi connectivity index (χ3v) is 4.71. The predicted molar refractivity (Wildman–Crippen MR) is 90.9 cm³/mol. The van der Waals surface area contributed by atoms with Gasteiger partial charge in [-0.2, -0.15) is 0 Å². The summed E-state index contributed by atoms with van der Waals surface area (Å²) in [6.07, 6.45) is 0.376. The summed E-state index contributed by atoms with van der Waals surface area (Å²) >= 11 is 13.3. The molecule has 6 heteroatoms. The van der Waals surface area contributed by atoms with Crippen molar-refractivity contribution >= 4 is 46.2 Å². The van der Waals surface area contributed by atoms with Gasteiger partial charge in [0.25, 0.3) is 0 Å². The molecule has 0 radical (unpaired) electrons. The van der Waals surface area contributed by atoms with E-state index >= 15 is 0 Å². The van der Waals surface area contributed by atoms with Crippen molar-refractivity contribution in [1.82, 2.24) is 5.32 Å². The van der Waals surface area contributed by atoms with Crippen LogP contribution < -0.4 is 5.32 Å². The molecule has 0 atom stereocenters. The number of hydrogen-bond acceptors (Lipinski definition) is 3. The first-order chi connectivity index (χ1) is 10.5. The molecule has 0 saturated carbocycles. The highest BCUT2D eigenvalue weighted by Crippen LogP contribution is 2.21. The van der Waals surface area contributed by atoms with Gasteiger partial charge in [0.2, 0.25) is 5.91 Å². The van der Waals surface area contributed by atoms with E-state index in [-0.39, 0.29) is 24.5 Å². The van der Waals surface area contributed by atoms with E-state index in [1.165, 1.54) is 11.3 Å². The van der Waals surface area contributed by atoms with Crippen molar-refractivity contribution in [2.45, 2.75) is 26.3 Å². The molecule has 0 aliphatic rings. The first kappa shape index (κ1) is 17.0. The van der Waals surface area contributed by atoms with Crippen LogP contribution in [0.5, 0.6) is 0 Å². The van der Waals surface area contributed by atoms with E-state index in [9.17, 15) is 9.59 Å². The van der Waals surface area contributed by atoms with Gasteiger partial charge < -0.3 is 5.32 Å². The van der Waals surface area contributed by atoms with Gasteiger partial charge >= 0.3 is 0 Å². The summed E-state index contributed by atoms with van der Waals surface area (Å²) in [6, 6.07) is 8.82. The number of carbonyl (C=O) groups excluding carboxylic acids is 2. The Morgan fingerprint density at radius 3 is 2.55 bits per heavy atom. The van der Waals surface area contributed by atoms with Crippen LogP contribution in [-0.2, 0) is 11.3 Å². The number of hydrogen-bond donors (Lipinski definition) is 1. The van der Waals surface area contributed by atoms with Gasteiger partial charge in [-0.1, -0.05) is 29.3 Å². The molecule has 1 amide bonds. The fourth-order valence-corrected chi connectivity index (χ4v) is 3.19. The van der Waals surface area contributed by atoms with Crippen molar-refractivity contribution in [2.75, 3.05) is 0 Å². The number of amides is 1. The molecule has 116 valence electrons. The summed E-state index contributed by atoms with van der Waals surface area (Å²) in [6.45, 7) is 2.27. The second-order valence-electron chi connectivity index (χ2n) is 4.85. The third kappa shape index (κ3) is 4.83. The number of nitrogens with one attached hydrogen (secondary N) is 1. The lowest BCUT2D eigenvalue weighted by atomic mass is 10.1. The minimum atomic E-state index is -0.173. The molecule has 22 heavy (non-hydrogen) atoms. The average molecular weight is 356 g/mol. The molecule has 1 heterocycles. The molecule has 1 N–H and O–H groups in total. The molecule has 0 aliphatic heterocycles. The Morgan fingerprint density at radius 1 is 1.14 bits per heavy atom. The maximum absolute atomic E-state index is 11.9. The fourth-order valence-electron chi connectivity index (χ4n) is 1.88. The Kier molecular flexibility index (Phi) is 6.00. The van der Waals surface area contributed by atoms with E-state index in [0.717, 1.165) is 10.4 Å². The molecule has 1 aromatic heterocycles. The number of thiophene rings is 1. The zero-order chi connectivity index (χ0) is 16.1. The molecule has 0 bridgehead atoms. The predicted octanol–water partition coefficient (Wildman–Crippen LogP) is 4.64. The molecule has 0 saturated heterocycles. The highest BCUT2D eigenvalue weighted by molar-refractivity contribution is 7.14. The van der Waals surface area contributed by atoms with Crippen LogP contribution >= 0.6 is 34.5 Å². The van der Waals surface area contributed by atoms with Crippen molar-refractivity contribution in [3.8, 4) is 0 Å². The van der Waals surface area contributed by atoms with Gasteiger partial charge in [0.15, 0.2) is 5.78 Å². The summed E-state index contributed by atoms with van der Waals surface area (Å²) in [7, 11) is 0. The van der Waals surface area contributed by atoms with E-state index < -0.39 is 0 Å². The topological polar surface area (TPSA) is 46.2 Å². The van der Waals surface area contributed by atoms with E-state index in [1.807, 2.05) is 13.0 Å². The lowest BCUT2D eigenvalue weighted by molar-refractivity contribution is -0.121. The van der Waals surface area contributed by atoms with Crippen molar-refractivity contribution in [3.63, 3.8) is 0 Å². The molecule has 0 fully saturated rings. The summed E-state index contributed by atoms with van der Waals surface area (Å²) < 4.78 is 0. The van der Waals surface area contributed by atoms with Crippen LogP contribution in [0.4, 0.5) is 0 Å². The van der Waals surface area contributed by atoms with E-state index in [1.54, 1.807) is 24.3 Å². The molecule has 2 rings (SSSR count). The molecule has 0 unspecified atom stereocenters. The van der Waals surface area contributed by atoms with E-state index in [4.69, 9.17) is 23.2 Å². The molecule has 0 aliphatic carbocycles. The third-order valence-electron chi connectivity index (χ3n) is 3.09. The number of benzene rings is 1. The maximum atomic E-state index is 11.9. The summed E-state index contributed by atoms with van der Waals surface area (Å²) in [5, 5.41) is 3.82. The lowest BCUT2D eigenvalue weighted by Gasteiger charge is -2.07. The van der Waals surface area contributed by atoms with Gasteiger partial charge in [-0.25, -0.2) is 0 Å². The lowest BCUT2D eigenvalue weighted by Crippen LogP contribution is -2.23. The highest BCUT2D eigenvalue weighted by Gasteiger charge is 2.11. The van der Waals surface area contributed by atoms with Crippen LogP contribution in [0.3, 0.4) is 0 Å². The van der Waals surface area contributed by atoms with Crippen LogP contribution in [-0.4, -0.2) is 11.7 Å². The Morgan fingerprint density at radius 2 is 1.91 bits per heavy atom. The number of carbonyl (C=O) groups is 2. The molecular formula is C16H15Cl2NO2S. The maximum Gasteiger partial charge on any atom is 0.220 e. The van der Waals surface area contributed by atoms with Gasteiger partial charge in [-0.3, -0.25) is 9.59 Å². The number of halogens is 2. The van der Waals surface area contributed by atoms with Gasteiger partial charge in [-0.05, 0) is 36.8 Å². The van der Waals surface area contributed by atoms with Crippen molar-refractivity contribution in [3.05, 3.63) is 55.7 Å². The quantitative estimate of drug-likeness (QED) is 0.767. The number of ketones is 1. The Hall–Kier alpha value is -1.36. The summed E-state index contributed by atoms with van der Waals surface area (Å²) in [4.78, 5) is 25.5. The van der Waals surface area contributed by atoms with Gasteiger partial charge in [0.05, 0.1) is 4.88 Å². The Labute approximate surface area is 143 Å². The first-order valence-corrected chi connectivity index (χ1v) is 8.33. The molecule has 3 nitrogen and oxygen atoms in total. The summed E-state index contributed by atoms with van der Waals surface area (Å²) in [5.41, 5.74) is 0.791.